The van der Waals surface area contributed by atoms with Crippen LogP contribution in [0.2, 0.25) is 0 Å². The molecule has 1 unspecified atom stereocenters. The molecule has 0 aliphatic carbocycles. The molecule has 1 atom stereocenters. The van der Waals surface area contributed by atoms with Crippen molar-refractivity contribution in [3.8, 4) is 0 Å². The number of aliphatic hydroxyl groups is 1. The second-order valence-corrected chi connectivity index (χ2v) is 5.78. The molecule has 0 saturated carbocycles. The Morgan fingerprint density at radius 3 is 2.06 bits per heavy atom. The summed E-state index contributed by atoms with van der Waals surface area (Å²) in [6.45, 7) is 2.12. The van der Waals surface area contributed by atoms with E-state index in [2.05, 4.69) is 6.92 Å². The fraction of sp³-hybridized carbons (Fsp3) is 1.00. The quantitative estimate of drug-likeness (QED) is 0.319. The van der Waals surface area contributed by atoms with E-state index in [-0.39, 0.29) is 63.2 Å². The van der Waals surface area contributed by atoms with E-state index in [9.17, 15) is 18.1 Å². The standard InChI is InChI=1S/C11H24O4S.K/c1-2-3-5-8-11(12)9-6-4-7-10-16(13,14)15;/h11-12H,2-10H2,1H3,(H,13,14,15);/q;+1/p-1. The summed E-state index contributed by atoms with van der Waals surface area (Å²) in [6.07, 6.45) is 6.51. The van der Waals surface area contributed by atoms with Crippen LogP contribution in [0.3, 0.4) is 0 Å². The molecule has 0 aliphatic rings. The van der Waals surface area contributed by atoms with E-state index in [0.717, 1.165) is 32.1 Å². The summed E-state index contributed by atoms with van der Waals surface area (Å²) in [5, 5.41) is 9.56. The van der Waals surface area contributed by atoms with E-state index in [0.29, 0.717) is 19.3 Å². The average molecular weight is 290 g/mol. The summed E-state index contributed by atoms with van der Waals surface area (Å²) >= 11 is 0. The zero-order valence-electron chi connectivity index (χ0n) is 11.0. The van der Waals surface area contributed by atoms with Gasteiger partial charge < -0.3 is 9.66 Å². The minimum Gasteiger partial charge on any atom is -0.748 e. The van der Waals surface area contributed by atoms with Crippen molar-refractivity contribution < 1.29 is 69.5 Å². The smallest absolute Gasteiger partial charge is 0.748 e. The van der Waals surface area contributed by atoms with Gasteiger partial charge in [0, 0.05) is 5.75 Å². The van der Waals surface area contributed by atoms with Crippen LogP contribution >= 0.6 is 0 Å². The van der Waals surface area contributed by atoms with Crippen molar-refractivity contribution in [1.82, 2.24) is 0 Å². The molecule has 0 spiro atoms. The van der Waals surface area contributed by atoms with Crippen LogP contribution in [0.5, 0.6) is 0 Å². The molecular formula is C11H23KO4S. The van der Waals surface area contributed by atoms with Crippen LogP contribution in [0, 0.1) is 0 Å². The van der Waals surface area contributed by atoms with Crippen molar-refractivity contribution in [3.63, 3.8) is 0 Å². The molecule has 0 heterocycles. The summed E-state index contributed by atoms with van der Waals surface area (Å²) in [7, 11) is -4.05. The largest absolute Gasteiger partial charge is 1.00 e. The van der Waals surface area contributed by atoms with Gasteiger partial charge in [0.25, 0.3) is 0 Å². The maximum atomic E-state index is 10.3. The van der Waals surface area contributed by atoms with Gasteiger partial charge in [-0.05, 0) is 19.3 Å². The first-order valence-electron chi connectivity index (χ1n) is 6.07. The third-order valence-electron chi connectivity index (χ3n) is 2.57. The molecule has 6 heteroatoms. The number of unbranched alkanes of at least 4 members (excludes halogenated alkanes) is 4. The van der Waals surface area contributed by atoms with E-state index in [1.807, 2.05) is 0 Å². The first-order valence-corrected chi connectivity index (χ1v) is 7.65. The third kappa shape index (κ3) is 17.5. The molecule has 0 radical (unpaired) electrons. The number of hydrogen-bond acceptors (Lipinski definition) is 4. The summed E-state index contributed by atoms with van der Waals surface area (Å²) < 4.78 is 30.9. The molecule has 0 aliphatic heterocycles. The third-order valence-corrected chi connectivity index (χ3v) is 3.36. The zero-order valence-corrected chi connectivity index (χ0v) is 15.0. The first kappa shape index (κ1) is 20.8. The van der Waals surface area contributed by atoms with Gasteiger partial charge in [-0.25, -0.2) is 8.42 Å². The Kier molecular flexibility index (Phi) is 15.3. The molecule has 98 valence electrons. The Morgan fingerprint density at radius 1 is 1.06 bits per heavy atom. The monoisotopic (exact) mass is 290 g/mol. The average Bonchev–Trinajstić information content (AvgIpc) is 2.16. The van der Waals surface area contributed by atoms with Crippen LogP contribution in [-0.4, -0.2) is 29.9 Å². The normalized spacial score (nSPS) is 13.1. The second kappa shape index (κ2) is 12.5. The SMILES string of the molecule is CCCCCC(O)CCCCCS(=O)(=O)[O-].[K+]. The molecule has 4 nitrogen and oxygen atoms in total. The number of rotatable bonds is 10. The van der Waals surface area contributed by atoms with Crippen molar-refractivity contribution >= 4 is 10.1 Å². The van der Waals surface area contributed by atoms with Gasteiger partial charge in [0.2, 0.25) is 0 Å². The zero-order chi connectivity index (χ0) is 12.4. The van der Waals surface area contributed by atoms with Gasteiger partial charge in [-0.1, -0.05) is 39.0 Å². The molecule has 0 aromatic carbocycles. The van der Waals surface area contributed by atoms with Crippen molar-refractivity contribution in [2.45, 2.75) is 64.4 Å². The molecule has 0 fully saturated rings. The van der Waals surface area contributed by atoms with Crippen LogP contribution in [0.4, 0.5) is 0 Å². The topological polar surface area (TPSA) is 77.4 Å². The molecule has 0 rings (SSSR count). The van der Waals surface area contributed by atoms with E-state index in [4.69, 9.17) is 0 Å². The summed E-state index contributed by atoms with van der Waals surface area (Å²) in [6, 6.07) is 0. The van der Waals surface area contributed by atoms with Crippen LogP contribution in [0.25, 0.3) is 0 Å². The van der Waals surface area contributed by atoms with Crippen LogP contribution < -0.4 is 51.4 Å². The molecule has 0 bridgehead atoms. The maximum absolute atomic E-state index is 10.3. The number of aliphatic hydroxyl groups excluding tert-OH is 1. The van der Waals surface area contributed by atoms with Gasteiger partial charge in [-0.15, -0.1) is 0 Å². The second-order valence-electron chi connectivity index (χ2n) is 4.26. The minimum absolute atomic E-state index is 0. The Hall–Kier alpha value is 1.51. The Morgan fingerprint density at radius 2 is 1.59 bits per heavy atom. The molecule has 0 saturated heterocycles. The van der Waals surface area contributed by atoms with E-state index in [1.165, 1.54) is 0 Å². The van der Waals surface area contributed by atoms with Crippen molar-refractivity contribution in [2.24, 2.45) is 0 Å². The summed E-state index contributed by atoms with van der Waals surface area (Å²) in [4.78, 5) is 0. The van der Waals surface area contributed by atoms with E-state index >= 15 is 0 Å². The van der Waals surface area contributed by atoms with Gasteiger partial charge >= 0.3 is 51.4 Å². The van der Waals surface area contributed by atoms with Crippen molar-refractivity contribution in [3.05, 3.63) is 0 Å². The van der Waals surface area contributed by atoms with Crippen LogP contribution in [-0.2, 0) is 10.1 Å². The Balaban J connectivity index is 0. The Bertz CT molecular complexity index is 254. The first-order chi connectivity index (χ1) is 7.45. The maximum Gasteiger partial charge on any atom is 1.00 e. The molecule has 1 N–H and O–H groups in total. The van der Waals surface area contributed by atoms with Gasteiger partial charge in [0.1, 0.15) is 0 Å². The van der Waals surface area contributed by atoms with Gasteiger partial charge in [-0.2, -0.15) is 0 Å². The van der Waals surface area contributed by atoms with E-state index in [1.54, 1.807) is 0 Å². The molecule has 0 amide bonds. The minimum atomic E-state index is -4.05. The predicted molar refractivity (Wildman–Crippen MR) is 63.2 cm³/mol. The van der Waals surface area contributed by atoms with Crippen LogP contribution in [0.1, 0.15) is 58.3 Å². The van der Waals surface area contributed by atoms with Crippen LogP contribution in [0.15, 0.2) is 0 Å². The van der Waals surface area contributed by atoms with Gasteiger partial charge in [0.15, 0.2) is 0 Å². The van der Waals surface area contributed by atoms with Gasteiger partial charge in [-0.3, -0.25) is 0 Å². The number of hydrogen-bond donors (Lipinski definition) is 1. The fourth-order valence-corrected chi connectivity index (χ4v) is 2.17. The van der Waals surface area contributed by atoms with Crippen molar-refractivity contribution in [1.29, 1.82) is 0 Å². The predicted octanol–water partition coefficient (Wildman–Crippen LogP) is -0.963. The molecule has 0 aromatic heterocycles. The summed E-state index contributed by atoms with van der Waals surface area (Å²) in [5.74, 6) is -0.279. The fourth-order valence-electron chi connectivity index (χ4n) is 1.61. The Labute approximate surface area is 148 Å². The summed E-state index contributed by atoms with van der Waals surface area (Å²) in [5.41, 5.74) is 0. The molecule has 17 heavy (non-hydrogen) atoms. The van der Waals surface area contributed by atoms with Gasteiger partial charge in [0.05, 0.1) is 16.2 Å². The molecule has 0 aromatic rings. The van der Waals surface area contributed by atoms with Crippen molar-refractivity contribution in [2.75, 3.05) is 5.75 Å². The molecular weight excluding hydrogens is 267 g/mol. The van der Waals surface area contributed by atoms with E-state index < -0.39 is 10.1 Å².